The minimum atomic E-state index is -0.144. The Morgan fingerprint density at radius 2 is 2.00 bits per heavy atom. The molecule has 1 aromatic heterocycles. The number of hydrogen-bond acceptors (Lipinski definition) is 5. The topological polar surface area (TPSA) is 45.6 Å². The van der Waals surface area contributed by atoms with Gasteiger partial charge in [-0.25, -0.2) is 4.98 Å². The quantitative estimate of drug-likeness (QED) is 0.769. The van der Waals surface area contributed by atoms with Crippen LogP contribution in [0.1, 0.15) is 12.0 Å². The van der Waals surface area contributed by atoms with E-state index in [0.717, 1.165) is 48.4 Å². The summed E-state index contributed by atoms with van der Waals surface area (Å²) in [6.45, 7) is 2.80. The smallest absolute Gasteiger partial charge is 0.279 e. The largest absolute Gasteiger partial charge is 0.431 e. The van der Waals surface area contributed by atoms with Crippen LogP contribution in [0.2, 0.25) is 0 Å². The maximum absolute atomic E-state index is 9.56. The summed E-state index contributed by atoms with van der Waals surface area (Å²) in [7, 11) is 0. The van der Waals surface area contributed by atoms with E-state index in [9.17, 15) is 5.11 Å². The van der Waals surface area contributed by atoms with Crippen molar-refractivity contribution < 1.29 is 9.84 Å². The molecular formula is C19H20N2O2S. The van der Waals surface area contributed by atoms with Crippen LogP contribution in [0.5, 0.6) is 10.9 Å². The number of aliphatic hydroxyl groups excluding tert-OH is 1. The third-order valence-corrected chi connectivity index (χ3v) is 5.28. The van der Waals surface area contributed by atoms with Gasteiger partial charge in [-0.3, -0.25) is 0 Å². The van der Waals surface area contributed by atoms with E-state index in [-0.39, 0.29) is 6.10 Å². The summed E-state index contributed by atoms with van der Waals surface area (Å²) in [5.74, 6) is 0.814. The van der Waals surface area contributed by atoms with E-state index in [1.807, 2.05) is 30.3 Å². The lowest BCUT2D eigenvalue weighted by atomic mass is 10.1. The highest BCUT2D eigenvalue weighted by Gasteiger charge is 2.19. The molecular weight excluding hydrogens is 320 g/mol. The van der Waals surface area contributed by atoms with Gasteiger partial charge in [-0.2, -0.15) is 0 Å². The SMILES string of the molecule is OC1CCN(CCc2ccc(Oc3nc4ccccc4s3)cc2)C1. The Morgan fingerprint density at radius 1 is 1.17 bits per heavy atom. The van der Waals surface area contributed by atoms with Crippen molar-refractivity contribution in [2.75, 3.05) is 19.6 Å². The fraction of sp³-hybridized carbons (Fsp3) is 0.316. The standard InChI is InChI=1S/C19H20N2O2S/c22-15-10-12-21(13-15)11-9-14-5-7-16(8-6-14)23-19-20-17-3-1-2-4-18(17)24-19/h1-8,15,22H,9-13H2. The number of aromatic nitrogens is 1. The summed E-state index contributed by atoms with van der Waals surface area (Å²) in [6, 6.07) is 16.3. The summed E-state index contributed by atoms with van der Waals surface area (Å²) in [6.07, 6.45) is 1.75. The Hall–Kier alpha value is -1.95. The van der Waals surface area contributed by atoms with Gasteiger partial charge in [0, 0.05) is 19.6 Å². The van der Waals surface area contributed by atoms with E-state index in [0.29, 0.717) is 5.19 Å². The molecule has 0 radical (unpaired) electrons. The normalized spacial score (nSPS) is 18.3. The van der Waals surface area contributed by atoms with Crippen LogP contribution in [0, 0.1) is 0 Å². The number of nitrogens with zero attached hydrogens (tertiary/aromatic N) is 2. The molecule has 2 aromatic carbocycles. The lowest BCUT2D eigenvalue weighted by Gasteiger charge is -2.14. The zero-order valence-electron chi connectivity index (χ0n) is 13.4. The first-order valence-corrected chi connectivity index (χ1v) is 9.11. The first kappa shape index (κ1) is 15.6. The molecule has 3 aromatic rings. The third kappa shape index (κ3) is 3.59. The predicted molar refractivity (Wildman–Crippen MR) is 96.9 cm³/mol. The van der Waals surface area contributed by atoms with Gasteiger partial charge in [-0.1, -0.05) is 35.6 Å². The molecule has 0 spiro atoms. The van der Waals surface area contributed by atoms with Crippen molar-refractivity contribution in [1.82, 2.24) is 9.88 Å². The van der Waals surface area contributed by atoms with Crippen LogP contribution in [-0.2, 0) is 6.42 Å². The maximum Gasteiger partial charge on any atom is 0.279 e. The van der Waals surface area contributed by atoms with Gasteiger partial charge in [-0.15, -0.1) is 0 Å². The second kappa shape index (κ2) is 6.89. The number of hydrogen-bond donors (Lipinski definition) is 1. The molecule has 1 saturated heterocycles. The van der Waals surface area contributed by atoms with Crippen molar-refractivity contribution >= 4 is 21.6 Å². The van der Waals surface area contributed by atoms with E-state index in [1.165, 1.54) is 5.56 Å². The average molecular weight is 340 g/mol. The minimum Gasteiger partial charge on any atom is -0.431 e. The van der Waals surface area contributed by atoms with E-state index < -0.39 is 0 Å². The average Bonchev–Trinajstić information content (AvgIpc) is 3.19. The molecule has 5 heteroatoms. The van der Waals surface area contributed by atoms with Crippen LogP contribution >= 0.6 is 11.3 Å². The van der Waals surface area contributed by atoms with Crippen LogP contribution in [-0.4, -0.2) is 40.7 Å². The Kier molecular flexibility index (Phi) is 4.47. The number of β-amino-alcohol motifs (C(OH)–C–C–N with tert-alkyl or cyclic N) is 1. The molecule has 0 saturated carbocycles. The fourth-order valence-electron chi connectivity index (χ4n) is 3.02. The van der Waals surface area contributed by atoms with Crippen molar-refractivity contribution in [3.8, 4) is 10.9 Å². The number of fused-ring (bicyclic) bond motifs is 1. The number of aliphatic hydroxyl groups is 1. The number of para-hydroxylation sites is 1. The van der Waals surface area contributed by atoms with Crippen LogP contribution < -0.4 is 4.74 Å². The van der Waals surface area contributed by atoms with Gasteiger partial charge in [0.2, 0.25) is 0 Å². The van der Waals surface area contributed by atoms with Crippen molar-refractivity contribution in [2.45, 2.75) is 18.9 Å². The monoisotopic (exact) mass is 340 g/mol. The molecule has 1 atom stereocenters. The fourth-order valence-corrected chi connectivity index (χ4v) is 3.86. The molecule has 0 aliphatic carbocycles. The predicted octanol–water partition coefficient (Wildman–Crippen LogP) is 3.70. The zero-order chi connectivity index (χ0) is 16.4. The molecule has 1 aliphatic rings. The first-order chi connectivity index (χ1) is 11.8. The summed E-state index contributed by atoms with van der Waals surface area (Å²) in [4.78, 5) is 6.81. The van der Waals surface area contributed by atoms with E-state index in [2.05, 4.69) is 28.1 Å². The zero-order valence-corrected chi connectivity index (χ0v) is 14.2. The van der Waals surface area contributed by atoms with Crippen molar-refractivity contribution in [2.24, 2.45) is 0 Å². The summed E-state index contributed by atoms with van der Waals surface area (Å²) >= 11 is 1.56. The lowest BCUT2D eigenvalue weighted by Crippen LogP contribution is -2.24. The number of thiazole rings is 1. The van der Waals surface area contributed by atoms with Crippen LogP contribution in [0.25, 0.3) is 10.2 Å². The van der Waals surface area contributed by atoms with Crippen LogP contribution in [0.15, 0.2) is 48.5 Å². The Morgan fingerprint density at radius 3 is 2.75 bits per heavy atom. The molecule has 4 rings (SSSR count). The van der Waals surface area contributed by atoms with Crippen molar-refractivity contribution in [3.63, 3.8) is 0 Å². The van der Waals surface area contributed by atoms with Crippen molar-refractivity contribution in [1.29, 1.82) is 0 Å². The second-order valence-electron chi connectivity index (χ2n) is 6.19. The van der Waals surface area contributed by atoms with E-state index in [4.69, 9.17) is 4.74 Å². The molecule has 1 unspecified atom stereocenters. The highest BCUT2D eigenvalue weighted by Crippen LogP contribution is 2.31. The van der Waals surface area contributed by atoms with Gasteiger partial charge in [0.15, 0.2) is 0 Å². The number of ether oxygens (including phenoxy) is 1. The molecule has 1 N–H and O–H groups in total. The van der Waals surface area contributed by atoms with Gasteiger partial charge in [-0.05, 0) is 42.7 Å². The molecule has 24 heavy (non-hydrogen) atoms. The summed E-state index contributed by atoms with van der Waals surface area (Å²) in [5, 5.41) is 10.2. The van der Waals surface area contributed by atoms with Gasteiger partial charge >= 0.3 is 0 Å². The summed E-state index contributed by atoms with van der Waals surface area (Å²) < 4.78 is 7.01. The second-order valence-corrected chi connectivity index (χ2v) is 7.18. The Labute approximate surface area is 145 Å². The molecule has 1 aliphatic heterocycles. The molecule has 1 fully saturated rings. The van der Waals surface area contributed by atoms with Crippen molar-refractivity contribution in [3.05, 3.63) is 54.1 Å². The number of likely N-dealkylation sites (tertiary alicyclic amines) is 1. The van der Waals surface area contributed by atoms with Gasteiger partial charge in [0.25, 0.3) is 5.19 Å². The van der Waals surface area contributed by atoms with Gasteiger partial charge in [0.05, 0.1) is 16.3 Å². The molecule has 4 nitrogen and oxygen atoms in total. The third-order valence-electron chi connectivity index (χ3n) is 4.37. The molecule has 0 bridgehead atoms. The number of benzene rings is 2. The highest BCUT2D eigenvalue weighted by molar-refractivity contribution is 7.20. The molecule has 0 amide bonds. The Balaban J connectivity index is 1.36. The molecule has 124 valence electrons. The summed E-state index contributed by atoms with van der Waals surface area (Å²) in [5.41, 5.74) is 2.26. The maximum atomic E-state index is 9.56. The van der Waals surface area contributed by atoms with E-state index in [1.54, 1.807) is 11.3 Å². The highest BCUT2D eigenvalue weighted by atomic mass is 32.1. The first-order valence-electron chi connectivity index (χ1n) is 8.29. The molecule has 2 heterocycles. The lowest BCUT2D eigenvalue weighted by molar-refractivity contribution is 0.177. The van der Waals surface area contributed by atoms with Gasteiger partial charge in [0.1, 0.15) is 5.75 Å². The Bertz CT molecular complexity index is 783. The van der Waals surface area contributed by atoms with Crippen LogP contribution in [0.4, 0.5) is 0 Å². The van der Waals surface area contributed by atoms with Crippen LogP contribution in [0.3, 0.4) is 0 Å². The minimum absolute atomic E-state index is 0.144. The van der Waals surface area contributed by atoms with E-state index >= 15 is 0 Å². The van der Waals surface area contributed by atoms with Gasteiger partial charge < -0.3 is 14.7 Å². The number of rotatable bonds is 5.